The quantitative estimate of drug-likeness (QED) is 0.685. The Hall–Kier alpha value is -2.53. The van der Waals surface area contributed by atoms with E-state index >= 15 is 0 Å². The minimum atomic E-state index is -0.372. The van der Waals surface area contributed by atoms with Crippen LogP contribution in [0, 0.1) is 13.8 Å². The zero-order chi connectivity index (χ0) is 17.3. The lowest BCUT2D eigenvalue weighted by Gasteiger charge is -2.29. The van der Waals surface area contributed by atoms with Gasteiger partial charge in [0.25, 0.3) is 0 Å². The van der Waals surface area contributed by atoms with Crippen molar-refractivity contribution in [2.45, 2.75) is 13.8 Å². The number of carbonyl (C=O) groups is 2. The van der Waals surface area contributed by atoms with E-state index in [-0.39, 0.29) is 25.0 Å². The SMILES string of the molecule is Cc1ccc2c(c1)OC(=O)CN2CC(=O)Nc1ccc(Cl)cc1C. The van der Waals surface area contributed by atoms with Crippen LogP contribution in [0.5, 0.6) is 5.75 Å². The van der Waals surface area contributed by atoms with E-state index in [0.29, 0.717) is 16.5 Å². The molecule has 0 bridgehead atoms. The number of amides is 1. The van der Waals surface area contributed by atoms with Gasteiger partial charge < -0.3 is 15.0 Å². The number of esters is 1. The van der Waals surface area contributed by atoms with E-state index < -0.39 is 0 Å². The van der Waals surface area contributed by atoms with Gasteiger partial charge in [0.05, 0.1) is 12.2 Å². The molecule has 124 valence electrons. The van der Waals surface area contributed by atoms with Crippen molar-refractivity contribution < 1.29 is 14.3 Å². The van der Waals surface area contributed by atoms with Gasteiger partial charge in [0, 0.05) is 10.7 Å². The van der Waals surface area contributed by atoms with E-state index in [1.54, 1.807) is 29.2 Å². The summed E-state index contributed by atoms with van der Waals surface area (Å²) in [6, 6.07) is 10.8. The number of nitrogens with one attached hydrogen (secondary N) is 1. The molecule has 0 saturated carbocycles. The molecule has 0 atom stereocenters. The van der Waals surface area contributed by atoms with E-state index in [0.717, 1.165) is 16.8 Å². The third-order valence-corrected chi connectivity index (χ3v) is 4.03. The Bertz CT molecular complexity index is 820. The summed E-state index contributed by atoms with van der Waals surface area (Å²) >= 11 is 5.92. The average molecular weight is 345 g/mol. The predicted octanol–water partition coefficient (Wildman–Crippen LogP) is 3.32. The molecule has 1 amide bonds. The van der Waals surface area contributed by atoms with Gasteiger partial charge in [-0.2, -0.15) is 0 Å². The highest BCUT2D eigenvalue weighted by molar-refractivity contribution is 6.30. The van der Waals surface area contributed by atoms with E-state index in [1.807, 2.05) is 26.0 Å². The van der Waals surface area contributed by atoms with Crippen molar-refractivity contribution >= 4 is 34.9 Å². The van der Waals surface area contributed by atoms with Crippen LogP contribution in [0.15, 0.2) is 36.4 Å². The van der Waals surface area contributed by atoms with E-state index in [1.165, 1.54) is 0 Å². The minimum absolute atomic E-state index is 0.0447. The Labute approximate surface area is 145 Å². The zero-order valence-electron chi connectivity index (χ0n) is 13.4. The summed E-state index contributed by atoms with van der Waals surface area (Å²) in [7, 11) is 0. The number of nitrogens with zero attached hydrogens (tertiary/aromatic N) is 1. The van der Waals surface area contributed by atoms with Crippen molar-refractivity contribution in [2.75, 3.05) is 23.3 Å². The first-order valence-electron chi connectivity index (χ1n) is 7.54. The van der Waals surface area contributed by atoms with Crippen LogP contribution in [0.4, 0.5) is 11.4 Å². The highest BCUT2D eigenvalue weighted by atomic mass is 35.5. The van der Waals surface area contributed by atoms with Crippen LogP contribution in [0.25, 0.3) is 0 Å². The second kappa shape index (κ2) is 6.53. The topological polar surface area (TPSA) is 58.6 Å². The van der Waals surface area contributed by atoms with Crippen molar-refractivity contribution in [3.63, 3.8) is 0 Å². The molecular formula is C18H17ClN2O3. The summed E-state index contributed by atoms with van der Waals surface area (Å²) in [6.45, 7) is 3.90. The Kier molecular flexibility index (Phi) is 4.44. The van der Waals surface area contributed by atoms with E-state index in [4.69, 9.17) is 16.3 Å². The van der Waals surface area contributed by atoms with Gasteiger partial charge in [-0.15, -0.1) is 0 Å². The van der Waals surface area contributed by atoms with Crippen molar-refractivity contribution in [1.82, 2.24) is 0 Å². The van der Waals surface area contributed by atoms with Crippen LogP contribution in [-0.2, 0) is 9.59 Å². The highest BCUT2D eigenvalue weighted by Gasteiger charge is 2.25. The number of benzene rings is 2. The summed E-state index contributed by atoms with van der Waals surface area (Å²) in [5.74, 6) is -0.0908. The zero-order valence-corrected chi connectivity index (χ0v) is 14.2. The molecule has 1 heterocycles. The Morgan fingerprint density at radius 2 is 2.04 bits per heavy atom. The summed E-state index contributed by atoms with van der Waals surface area (Å²) in [6.07, 6.45) is 0. The van der Waals surface area contributed by atoms with Gasteiger partial charge in [0.2, 0.25) is 5.91 Å². The Morgan fingerprint density at radius 3 is 2.79 bits per heavy atom. The molecule has 1 aliphatic rings. The highest BCUT2D eigenvalue weighted by Crippen LogP contribution is 2.32. The smallest absolute Gasteiger partial charge is 0.331 e. The molecule has 2 aromatic rings. The number of anilines is 2. The van der Waals surface area contributed by atoms with Crippen LogP contribution in [0.3, 0.4) is 0 Å². The van der Waals surface area contributed by atoms with Gasteiger partial charge in [0.1, 0.15) is 6.54 Å². The van der Waals surface area contributed by atoms with Gasteiger partial charge in [-0.3, -0.25) is 4.79 Å². The van der Waals surface area contributed by atoms with Crippen LogP contribution >= 0.6 is 11.6 Å². The Balaban J connectivity index is 1.76. The second-order valence-electron chi connectivity index (χ2n) is 5.81. The summed E-state index contributed by atoms with van der Waals surface area (Å²) in [5.41, 5.74) is 3.31. The lowest BCUT2D eigenvalue weighted by atomic mass is 10.1. The fourth-order valence-electron chi connectivity index (χ4n) is 2.63. The van der Waals surface area contributed by atoms with Gasteiger partial charge in [-0.05, 0) is 55.3 Å². The van der Waals surface area contributed by atoms with Crippen molar-refractivity contribution in [3.05, 3.63) is 52.5 Å². The molecule has 0 radical (unpaired) electrons. The lowest BCUT2D eigenvalue weighted by molar-refractivity contribution is -0.133. The van der Waals surface area contributed by atoms with Gasteiger partial charge >= 0.3 is 5.97 Å². The summed E-state index contributed by atoms with van der Waals surface area (Å²) < 4.78 is 5.25. The molecule has 6 heteroatoms. The number of carbonyl (C=O) groups excluding carboxylic acids is 2. The standard InChI is InChI=1S/C18H17ClN2O3/c1-11-3-6-15-16(7-11)24-18(23)10-21(15)9-17(22)20-14-5-4-13(19)8-12(14)2/h3-8H,9-10H2,1-2H3,(H,20,22). The third kappa shape index (κ3) is 3.51. The molecule has 0 unspecified atom stereocenters. The molecule has 0 aliphatic carbocycles. The third-order valence-electron chi connectivity index (χ3n) is 3.80. The number of aryl methyl sites for hydroxylation is 2. The molecule has 3 rings (SSSR count). The number of hydrogen-bond donors (Lipinski definition) is 1. The molecular weight excluding hydrogens is 328 g/mol. The van der Waals surface area contributed by atoms with Gasteiger partial charge in [0.15, 0.2) is 5.75 Å². The molecule has 1 aliphatic heterocycles. The van der Waals surface area contributed by atoms with Crippen LogP contribution in [0.1, 0.15) is 11.1 Å². The van der Waals surface area contributed by atoms with Crippen molar-refractivity contribution in [1.29, 1.82) is 0 Å². The number of ether oxygens (including phenoxy) is 1. The Morgan fingerprint density at radius 1 is 1.25 bits per heavy atom. The van der Waals surface area contributed by atoms with Crippen LogP contribution in [0.2, 0.25) is 5.02 Å². The van der Waals surface area contributed by atoms with Crippen molar-refractivity contribution in [2.24, 2.45) is 0 Å². The molecule has 0 fully saturated rings. The normalized spacial score (nSPS) is 13.3. The minimum Gasteiger partial charge on any atom is -0.423 e. The largest absolute Gasteiger partial charge is 0.423 e. The van der Waals surface area contributed by atoms with E-state index in [2.05, 4.69) is 5.32 Å². The first kappa shape index (κ1) is 16.3. The maximum absolute atomic E-state index is 12.4. The number of rotatable bonds is 3. The molecule has 0 spiro atoms. The predicted molar refractivity (Wildman–Crippen MR) is 93.8 cm³/mol. The van der Waals surface area contributed by atoms with Crippen molar-refractivity contribution in [3.8, 4) is 5.75 Å². The first-order chi connectivity index (χ1) is 11.4. The molecule has 1 N–H and O–H groups in total. The average Bonchev–Trinajstić information content (AvgIpc) is 2.49. The second-order valence-corrected chi connectivity index (χ2v) is 6.25. The molecule has 24 heavy (non-hydrogen) atoms. The van der Waals surface area contributed by atoms with Crippen LogP contribution in [-0.4, -0.2) is 25.0 Å². The van der Waals surface area contributed by atoms with Gasteiger partial charge in [-0.25, -0.2) is 4.79 Å². The first-order valence-corrected chi connectivity index (χ1v) is 7.92. The molecule has 0 saturated heterocycles. The maximum atomic E-state index is 12.4. The fourth-order valence-corrected chi connectivity index (χ4v) is 2.86. The fraction of sp³-hybridized carbons (Fsp3) is 0.222. The maximum Gasteiger partial charge on any atom is 0.331 e. The molecule has 2 aromatic carbocycles. The number of hydrogen-bond acceptors (Lipinski definition) is 4. The monoisotopic (exact) mass is 344 g/mol. The van der Waals surface area contributed by atoms with Crippen LogP contribution < -0.4 is 15.0 Å². The van der Waals surface area contributed by atoms with E-state index in [9.17, 15) is 9.59 Å². The number of fused-ring (bicyclic) bond motifs is 1. The molecule has 0 aromatic heterocycles. The lowest BCUT2D eigenvalue weighted by Crippen LogP contribution is -2.41. The summed E-state index contributed by atoms with van der Waals surface area (Å²) in [5, 5.41) is 3.47. The number of halogens is 1. The molecule has 5 nitrogen and oxygen atoms in total. The summed E-state index contributed by atoms with van der Waals surface area (Å²) in [4.78, 5) is 25.8. The van der Waals surface area contributed by atoms with Gasteiger partial charge in [-0.1, -0.05) is 17.7 Å².